The topological polar surface area (TPSA) is 58.6 Å². The van der Waals surface area contributed by atoms with Gasteiger partial charge in [0.1, 0.15) is 5.75 Å². The molecule has 2 aromatic rings. The van der Waals surface area contributed by atoms with Gasteiger partial charge in [-0.25, -0.2) is 0 Å². The summed E-state index contributed by atoms with van der Waals surface area (Å²) in [5.74, 6) is 0.309. The molecule has 0 heterocycles. The molecule has 104 valence electrons. The Kier molecular flexibility index (Phi) is 4.98. The van der Waals surface area contributed by atoms with Crippen molar-refractivity contribution in [1.82, 2.24) is 0 Å². The van der Waals surface area contributed by atoms with Crippen LogP contribution in [0.5, 0.6) is 5.75 Å². The third-order valence-corrected chi connectivity index (χ3v) is 2.83. The van der Waals surface area contributed by atoms with Gasteiger partial charge in [0, 0.05) is 10.7 Å². The van der Waals surface area contributed by atoms with Crippen LogP contribution in [0, 0.1) is 0 Å². The monoisotopic (exact) mass is 291 g/mol. The van der Waals surface area contributed by atoms with Crippen LogP contribution in [0.25, 0.3) is 0 Å². The molecule has 0 bridgehead atoms. The van der Waals surface area contributed by atoms with Gasteiger partial charge < -0.3 is 15.2 Å². The molecule has 0 radical (unpaired) electrons. The van der Waals surface area contributed by atoms with E-state index in [4.69, 9.17) is 21.4 Å². The van der Waals surface area contributed by atoms with E-state index in [0.717, 1.165) is 5.56 Å². The highest BCUT2D eigenvalue weighted by Gasteiger charge is 2.04. The first-order valence-corrected chi connectivity index (χ1v) is 6.43. The molecule has 0 unspecified atom stereocenters. The van der Waals surface area contributed by atoms with E-state index in [-0.39, 0.29) is 19.1 Å². The van der Waals surface area contributed by atoms with E-state index >= 15 is 0 Å². The molecule has 1 amide bonds. The van der Waals surface area contributed by atoms with Crippen LogP contribution in [0.2, 0.25) is 5.02 Å². The standard InChI is InChI=1S/C15H14ClNO3/c16-12-4-6-14(7-5-12)20-10-15(19)17-13-3-1-2-11(8-13)9-18/h1-8,18H,9-10H2,(H,17,19). The van der Waals surface area contributed by atoms with Crippen molar-refractivity contribution in [1.29, 1.82) is 0 Å². The van der Waals surface area contributed by atoms with Crippen molar-refractivity contribution in [2.24, 2.45) is 0 Å². The summed E-state index contributed by atoms with van der Waals surface area (Å²) in [6.07, 6.45) is 0. The van der Waals surface area contributed by atoms with Gasteiger partial charge >= 0.3 is 0 Å². The maximum Gasteiger partial charge on any atom is 0.262 e. The van der Waals surface area contributed by atoms with E-state index in [1.165, 1.54) is 0 Å². The second-order valence-corrected chi connectivity index (χ2v) is 4.59. The predicted octanol–water partition coefficient (Wildman–Crippen LogP) is 2.85. The average molecular weight is 292 g/mol. The van der Waals surface area contributed by atoms with Crippen molar-refractivity contribution in [2.75, 3.05) is 11.9 Å². The highest BCUT2D eigenvalue weighted by molar-refractivity contribution is 6.30. The fraction of sp³-hybridized carbons (Fsp3) is 0.133. The molecule has 0 atom stereocenters. The minimum atomic E-state index is -0.268. The van der Waals surface area contributed by atoms with Gasteiger partial charge in [-0.3, -0.25) is 4.79 Å². The van der Waals surface area contributed by atoms with Gasteiger partial charge in [-0.1, -0.05) is 23.7 Å². The molecule has 2 aromatic carbocycles. The molecule has 0 aliphatic rings. The van der Waals surface area contributed by atoms with Crippen molar-refractivity contribution in [3.05, 3.63) is 59.1 Å². The summed E-state index contributed by atoms with van der Waals surface area (Å²) in [5.41, 5.74) is 1.36. The first-order valence-electron chi connectivity index (χ1n) is 6.05. The number of anilines is 1. The zero-order valence-corrected chi connectivity index (χ0v) is 11.4. The summed E-state index contributed by atoms with van der Waals surface area (Å²) in [6, 6.07) is 13.8. The number of carbonyl (C=O) groups is 1. The maximum absolute atomic E-state index is 11.7. The van der Waals surface area contributed by atoms with Gasteiger partial charge in [0.2, 0.25) is 0 Å². The molecule has 0 aliphatic heterocycles. The Labute approximate surface area is 122 Å². The fourth-order valence-corrected chi connectivity index (χ4v) is 1.75. The third kappa shape index (κ3) is 4.26. The Morgan fingerprint density at radius 1 is 1.20 bits per heavy atom. The summed E-state index contributed by atoms with van der Waals surface area (Å²) in [4.78, 5) is 11.7. The summed E-state index contributed by atoms with van der Waals surface area (Å²) < 4.78 is 5.33. The van der Waals surface area contributed by atoms with Crippen molar-refractivity contribution >= 4 is 23.2 Å². The highest BCUT2D eigenvalue weighted by Crippen LogP contribution is 2.15. The lowest BCUT2D eigenvalue weighted by Gasteiger charge is -2.08. The van der Waals surface area contributed by atoms with Crippen molar-refractivity contribution in [2.45, 2.75) is 6.61 Å². The summed E-state index contributed by atoms with van der Waals surface area (Å²) >= 11 is 5.75. The number of hydrogen-bond donors (Lipinski definition) is 2. The summed E-state index contributed by atoms with van der Waals surface area (Å²) in [6.45, 7) is -0.157. The maximum atomic E-state index is 11.7. The Balaban J connectivity index is 1.87. The van der Waals surface area contributed by atoms with Crippen molar-refractivity contribution < 1.29 is 14.6 Å². The fourth-order valence-electron chi connectivity index (χ4n) is 1.62. The lowest BCUT2D eigenvalue weighted by atomic mass is 10.2. The Bertz CT molecular complexity index is 584. The second kappa shape index (κ2) is 6.93. The molecule has 0 aromatic heterocycles. The molecule has 4 nitrogen and oxygen atoms in total. The van der Waals surface area contributed by atoms with Crippen LogP contribution in [-0.2, 0) is 11.4 Å². The molecule has 0 spiro atoms. The number of aliphatic hydroxyl groups excluding tert-OH is 1. The number of aliphatic hydroxyl groups is 1. The van der Waals surface area contributed by atoms with Crippen LogP contribution in [0.3, 0.4) is 0 Å². The highest BCUT2D eigenvalue weighted by atomic mass is 35.5. The molecule has 0 saturated carbocycles. The minimum absolute atomic E-state index is 0.0645. The third-order valence-electron chi connectivity index (χ3n) is 2.58. The van der Waals surface area contributed by atoms with Crippen LogP contribution >= 0.6 is 11.6 Å². The predicted molar refractivity (Wildman–Crippen MR) is 77.9 cm³/mol. The Morgan fingerprint density at radius 2 is 1.95 bits per heavy atom. The number of carbonyl (C=O) groups excluding carboxylic acids is 1. The number of halogens is 1. The lowest BCUT2D eigenvalue weighted by molar-refractivity contribution is -0.118. The lowest BCUT2D eigenvalue weighted by Crippen LogP contribution is -2.20. The Morgan fingerprint density at radius 3 is 2.65 bits per heavy atom. The largest absolute Gasteiger partial charge is 0.484 e. The van der Waals surface area contributed by atoms with Gasteiger partial charge in [-0.05, 0) is 42.0 Å². The van der Waals surface area contributed by atoms with E-state index < -0.39 is 0 Å². The van der Waals surface area contributed by atoms with E-state index in [1.54, 1.807) is 48.5 Å². The molecule has 2 N–H and O–H groups in total. The van der Waals surface area contributed by atoms with E-state index in [0.29, 0.717) is 16.5 Å². The van der Waals surface area contributed by atoms with Gasteiger partial charge in [-0.2, -0.15) is 0 Å². The molecule has 0 saturated heterocycles. The van der Waals surface area contributed by atoms with Crippen LogP contribution in [0.15, 0.2) is 48.5 Å². The zero-order chi connectivity index (χ0) is 14.4. The minimum Gasteiger partial charge on any atom is -0.484 e. The quantitative estimate of drug-likeness (QED) is 0.890. The normalized spacial score (nSPS) is 10.1. The number of benzene rings is 2. The van der Waals surface area contributed by atoms with E-state index in [1.807, 2.05) is 0 Å². The van der Waals surface area contributed by atoms with Crippen molar-refractivity contribution in [3.8, 4) is 5.75 Å². The molecule has 2 rings (SSSR count). The smallest absolute Gasteiger partial charge is 0.262 e. The van der Waals surface area contributed by atoms with Crippen LogP contribution < -0.4 is 10.1 Å². The molecular weight excluding hydrogens is 278 g/mol. The number of ether oxygens (including phenoxy) is 1. The molecule has 20 heavy (non-hydrogen) atoms. The first kappa shape index (κ1) is 14.4. The van der Waals surface area contributed by atoms with E-state index in [9.17, 15) is 4.79 Å². The number of hydrogen-bond acceptors (Lipinski definition) is 3. The van der Waals surface area contributed by atoms with Gasteiger partial charge in [-0.15, -0.1) is 0 Å². The van der Waals surface area contributed by atoms with Gasteiger partial charge in [0.05, 0.1) is 6.61 Å². The number of amides is 1. The van der Waals surface area contributed by atoms with Crippen LogP contribution in [0.1, 0.15) is 5.56 Å². The summed E-state index contributed by atoms with van der Waals surface area (Å²) in [7, 11) is 0. The molecular formula is C15H14ClNO3. The Hall–Kier alpha value is -2.04. The zero-order valence-electron chi connectivity index (χ0n) is 10.7. The number of nitrogens with one attached hydrogen (secondary N) is 1. The number of rotatable bonds is 5. The first-order chi connectivity index (χ1) is 9.67. The second-order valence-electron chi connectivity index (χ2n) is 4.15. The molecule has 0 fully saturated rings. The van der Waals surface area contributed by atoms with Gasteiger partial charge in [0.15, 0.2) is 6.61 Å². The average Bonchev–Trinajstić information content (AvgIpc) is 2.47. The summed E-state index contributed by atoms with van der Waals surface area (Å²) in [5, 5.41) is 12.3. The van der Waals surface area contributed by atoms with E-state index in [2.05, 4.69) is 5.32 Å². The molecule has 0 aliphatic carbocycles. The molecule has 5 heteroatoms. The van der Waals surface area contributed by atoms with Crippen molar-refractivity contribution in [3.63, 3.8) is 0 Å². The van der Waals surface area contributed by atoms with Crippen LogP contribution in [0.4, 0.5) is 5.69 Å². The van der Waals surface area contributed by atoms with Gasteiger partial charge in [0.25, 0.3) is 5.91 Å². The SMILES string of the molecule is O=C(COc1ccc(Cl)cc1)Nc1cccc(CO)c1. The van der Waals surface area contributed by atoms with Crippen LogP contribution in [-0.4, -0.2) is 17.6 Å².